The normalized spacial score (nSPS) is 11.3. The number of anilines is 1. The minimum Gasteiger partial charge on any atom is -0.495 e. The van der Waals surface area contributed by atoms with Gasteiger partial charge < -0.3 is 9.47 Å². The third-order valence-corrected chi connectivity index (χ3v) is 5.64. The maximum atomic E-state index is 13.3. The molecule has 1 heterocycles. The molecule has 0 aliphatic rings. The van der Waals surface area contributed by atoms with Crippen LogP contribution in [0, 0.1) is 18.3 Å². The first-order chi connectivity index (χ1) is 16.6. The highest BCUT2D eigenvalue weighted by molar-refractivity contribution is 6.06. The zero-order chi connectivity index (χ0) is 25.3. The summed E-state index contributed by atoms with van der Waals surface area (Å²) >= 11 is 0. The summed E-state index contributed by atoms with van der Waals surface area (Å²) in [6, 6.07) is 18.0. The van der Waals surface area contributed by atoms with E-state index >= 15 is 0 Å². The SMILES string of the molecule is C=C(C#N)CN(C(=O)OC(C)(C)C)c1c(OC)ccc2ccc(-c3ccc4n[nH]c(C)c4c3)cc12. The monoisotopic (exact) mass is 468 g/mol. The molecule has 178 valence electrons. The average Bonchev–Trinajstić information content (AvgIpc) is 3.20. The van der Waals surface area contributed by atoms with E-state index in [0.717, 1.165) is 38.5 Å². The Morgan fingerprint density at radius 3 is 2.43 bits per heavy atom. The molecule has 0 spiro atoms. The van der Waals surface area contributed by atoms with E-state index < -0.39 is 11.7 Å². The van der Waals surface area contributed by atoms with Gasteiger partial charge in [0, 0.05) is 22.0 Å². The second kappa shape index (κ2) is 9.15. The number of benzene rings is 3. The van der Waals surface area contributed by atoms with Gasteiger partial charge in [-0.15, -0.1) is 0 Å². The van der Waals surface area contributed by atoms with Crippen LogP contribution in [0.15, 0.2) is 60.7 Å². The van der Waals surface area contributed by atoms with Gasteiger partial charge in [-0.2, -0.15) is 10.4 Å². The standard InChI is InChI=1S/C28H28N4O3/c1-17(15-29)16-32(27(33)35-28(3,4)5)26-23-14-20(8-7-19(23)10-12-25(26)34-6)21-9-11-24-22(13-21)18(2)30-31-24/h7-14H,1,16H2,2-6H3,(H,30,31). The van der Waals surface area contributed by atoms with Crippen LogP contribution >= 0.6 is 0 Å². The van der Waals surface area contributed by atoms with Crippen LogP contribution in [-0.4, -0.2) is 35.5 Å². The molecular formula is C28H28N4O3. The Morgan fingerprint density at radius 1 is 1.11 bits per heavy atom. The predicted octanol–water partition coefficient (Wildman–Crippen LogP) is 6.52. The summed E-state index contributed by atoms with van der Waals surface area (Å²) in [5.41, 5.74) is 3.92. The number of amides is 1. The molecule has 1 aromatic heterocycles. The average molecular weight is 469 g/mol. The van der Waals surface area contributed by atoms with Crippen LogP contribution in [0.4, 0.5) is 10.5 Å². The minimum absolute atomic E-state index is 0.0225. The van der Waals surface area contributed by atoms with Gasteiger partial charge in [0.25, 0.3) is 0 Å². The van der Waals surface area contributed by atoms with Gasteiger partial charge in [0.1, 0.15) is 11.4 Å². The molecule has 4 rings (SSSR count). The lowest BCUT2D eigenvalue weighted by atomic mass is 9.98. The maximum absolute atomic E-state index is 13.3. The Balaban J connectivity index is 1.92. The summed E-state index contributed by atoms with van der Waals surface area (Å²) in [7, 11) is 1.55. The summed E-state index contributed by atoms with van der Waals surface area (Å²) in [6.45, 7) is 11.2. The zero-order valence-corrected chi connectivity index (χ0v) is 20.6. The summed E-state index contributed by atoms with van der Waals surface area (Å²) in [4.78, 5) is 14.7. The highest BCUT2D eigenvalue weighted by Gasteiger charge is 2.28. The van der Waals surface area contributed by atoms with Crippen LogP contribution in [0.1, 0.15) is 26.5 Å². The quantitative estimate of drug-likeness (QED) is 0.337. The number of H-pyrrole nitrogens is 1. The van der Waals surface area contributed by atoms with E-state index in [-0.39, 0.29) is 12.1 Å². The Labute approximate surface area is 204 Å². The van der Waals surface area contributed by atoms with E-state index in [9.17, 15) is 10.1 Å². The van der Waals surface area contributed by atoms with Crippen LogP contribution in [0.25, 0.3) is 32.8 Å². The van der Waals surface area contributed by atoms with Gasteiger partial charge in [0.05, 0.1) is 30.9 Å². The van der Waals surface area contributed by atoms with Gasteiger partial charge in [-0.25, -0.2) is 4.79 Å². The molecule has 0 unspecified atom stereocenters. The van der Waals surface area contributed by atoms with Gasteiger partial charge in [0.15, 0.2) is 0 Å². The molecule has 0 bridgehead atoms. The van der Waals surface area contributed by atoms with Crippen molar-refractivity contribution in [1.29, 1.82) is 5.26 Å². The van der Waals surface area contributed by atoms with Crippen molar-refractivity contribution >= 4 is 33.5 Å². The number of carbonyl (C=O) groups excluding carboxylic acids is 1. The van der Waals surface area contributed by atoms with Crippen molar-refractivity contribution in [2.75, 3.05) is 18.6 Å². The molecule has 0 radical (unpaired) electrons. The number of carbonyl (C=O) groups is 1. The molecule has 7 heteroatoms. The lowest BCUT2D eigenvalue weighted by molar-refractivity contribution is 0.0583. The van der Waals surface area contributed by atoms with E-state index in [1.807, 2.05) is 55.5 Å². The number of hydrogen-bond donors (Lipinski definition) is 1. The Bertz CT molecular complexity index is 1490. The lowest BCUT2D eigenvalue weighted by Gasteiger charge is -2.29. The Kier molecular flexibility index (Phi) is 6.23. The first kappa shape index (κ1) is 23.8. The van der Waals surface area contributed by atoms with Crippen molar-refractivity contribution < 1.29 is 14.3 Å². The smallest absolute Gasteiger partial charge is 0.415 e. The van der Waals surface area contributed by atoms with Crippen molar-refractivity contribution in [3.63, 3.8) is 0 Å². The third-order valence-electron chi connectivity index (χ3n) is 5.64. The molecule has 0 saturated heterocycles. The summed E-state index contributed by atoms with van der Waals surface area (Å²) in [5.74, 6) is 0.493. The molecule has 0 aliphatic heterocycles. The fraction of sp³-hybridized carbons (Fsp3) is 0.250. The number of nitrogens with zero attached hydrogens (tertiary/aromatic N) is 3. The van der Waals surface area contributed by atoms with E-state index in [4.69, 9.17) is 9.47 Å². The van der Waals surface area contributed by atoms with Crippen molar-refractivity contribution in [2.24, 2.45) is 0 Å². The zero-order valence-electron chi connectivity index (χ0n) is 20.6. The number of aryl methyl sites for hydroxylation is 1. The fourth-order valence-corrected chi connectivity index (χ4v) is 4.00. The fourth-order valence-electron chi connectivity index (χ4n) is 4.00. The number of nitriles is 1. The third kappa shape index (κ3) is 4.82. The summed E-state index contributed by atoms with van der Waals surface area (Å²) in [5, 5.41) is 19.5. The second-order valence-electron chi connectivity index (χ2n) is 9.41. The molecule has 1 amide bonds. The summed E-state index contributed by atoms with van der Waals surface area (Å²) in [6.07, 6.45) is -0.583. The van der Waals surface area contributed by atoms with Crippen LogP contribution in [0.2, 0.25) is 0 Å². The van der Waals surface area contributed by atoms with Crippen molar-refractivity contribution in [2.45, 2.75) is 33.3 Å². The molecule has 1 N–H and O–H groups in total. The molecule has 0 saturated carbocycles. The number of fused-ring (bicyclic) bond motifs is 2. The first-order valence-electron chi connectivity index (χ1n) is 11.3. The van der Waals surface area contributed by atoms with Crippen molar-refractivity contribution in [1.82, 2.24) is 10.2 Å². The van der Waals surface area contributed by atoms with E-state index in [1.165, 1.54) is 4.90 Å². The van der Waals surface area contributed by atoms with Gasteiger partial charge in [0.2, 0.25) is 0 Å². The number of hydrogen-bond acceptors (Lipinski definition) is 5. The predicted molar refractivity (Wildman–Crippen MR) is 139 cm³/mol. The number of aromatic nitrogens is 2. The molecule has 0 fully saturated rings. The van der Waals surface area contributed by atoms with Crippen LogP contribution in [0.3, 0.4) is 0 Å². The van der Waals surface area contributed by atoms with Gasteiger partial charge in [-0.05, 0) is 68.5 Å². The van der Waals surface area contributed by atoms with Gasteiger partial charge in [-0.3, -0.25) is 10.00 Å². The molecule has 0 atom stereocenters. The highest BCUT2D eigenvalue weighted by atomic mass is 16.6. The maximum Gasteiger partial charge on any atom is 0.415 e. The largest absolute Gasteiger partial charge is 0.495 e. The molecule has 3 aromatic carbocycles. The van der Waals surface area contributed by atoms with Crippen LogP contribution in [0.5, 0.6) is 5.75 Å². The minimum atomic E-state index is -0.718. The lowest BCUT2D eigenvalue weighted by Crippen LogP contribution is -2.38. The van der Waals surface area contributed by atoms with Gasteiger partial charge >= 0.3 is 6.09 Å². The topological polar surface area (TPSA) is 91.2 Å². The first-order valence-corrected chi connectivity index (χ1v) is 11.3. The van der Waals surface area contributed by atoms with Crippen molar-refractivity contribution in [3.05, 3.63) is 66.4 Å². The van der Waals surface area contributed by atoms with Gasteiger partial charge in [-0.1, -0.05) is 30.8 Å². The Hall–Kier alpha value is -4.31. The van der Waals surface area contributed by atoms with Crippen molar-refractivity contribution in [3.8, 4) is 22.9 Å². The number of nitrogens with one attached hydrogen (secondary N) is 1. The van der Waals surface area contributed by atoms with E-state index in [1.54, 1.807) is 27.9 Å². The second-order valence-corrected chi connectivity index (χ2v) is 9.41. The molecular weight excluding hydrogens is 440 g/mol. The number of ether oxygens (including phenoxy) is 2. The highest BCUT2D eigenvalue weighted by Crippen LogP contribution is 2.39. The van der Waals surface area contributed by atoms with Crippen LogP contribution < -0.4 is 9.64 Å². The number of methoxy groups -OCH3 is 1. The number of rotatable bonds is 5. The molecule has 7 nitrogen and oxygen atoms in total. The number of aromatic amines is 1. The molecule has 0 aliphatic carbocycles. The Morgan fingerprint density at radius 2 is 1.77 bits per heavy atom. The molecule has 35 heavy (non-hydrogen) atoms. The molecule has 4 aromatic rings. The van der Waals surface area contributed by atoms with Crippen LogP contribution in [-0.2, 0) is 4.74 Å². The van der Waals surface area contributed by atoms with E-state index in [0.29, 0.717) is 11.4 Å². The summed E-state index contributed by atoms with van der Waals surface area (Å²) < 4.78 is 11.3. The van der Waals surface area contributed by atoms with E-state index in [2.05, 4.69) is 22.8 Å².